The van der Waals surface area contributed by atoms with Crippen LogP contribution in [0.25, 0.3) is 0 Å². The topological polar surface area (TPSA) is 321 Å². The van der Waals surface area contributed by atoms with Gasteiger partial charge in [-0.3, -0.25) is 14.4 Å². The third-order valence-electron chi connectivity index (χ3n) is 15.5. The van der Waals surface area contributed by atoms with Gasteiger partial charge < -0.3 is 76.8 Å². The van der Waals surface area contributed by atoms with E-state index in [1.54, 1.807) is 4.90 Å². The molecule has 0 saturated heterocycles. The Hall–Kier alpha value is -2.07. The zero-order chi connectivity index (χ0) is 44.7. The molecule has 0 spiro atoms. The Labute approximate surface area is 353 Å². The highest BCUT2D eigenvalue weighted by Crippen LogP contribution is 2.68. The molecule has 18 atom stereocenters. The van der Waals surface area contributed by atoms with E-state index in [1.807, 2.05) is 0 Å². The van der Waals surface area contributed by atoms with Gasteiger partial charge in [0.2, 0.25) is 5.91 Å². The van der Waals surface area contributed by atoms with Crippen LogP contribution in [0, 0.1) is 46.3 Å². The van der Waals surface area contributed by atoms with Crippen LogP contribution in [0.1, 0.15) is 97.8 Å². The molecular formula is C42H75N3O15. The van der Waals surface area contributed by atoms with E-state index in [0.717, 1.165) is 51.4 Å². The van der Waals surface area contributed by atoms with Crippen LogP contribution < -0.4 is 10.6 Å². The maximum absolute atomic E-state index is 13.8. The van der Waals surface area contributed by atoms with Crippen LogP contribution in [-0.4, -0.2) is 184 Å². The number of carbonyl (C=O) groups is 3. The van der Waals surface area contributed by atoms with E-state index in [1.165, 1.54) is 0 Å². The van der Waals surface area contributed by atoms with Crippen molar-refractivity contribution in [3.05, 3.63) is 0 Å². The van der Waals surface area contributed by atoms with E-state index >= 15 is 0 Å². The molecule has 18 nitrogen and oxygen atoms in total. The summed E-state index contributed by atoms with van der Waals surface area (Å²) < 4.78 is 0. The minimum Gasteiger partial charge on any atom is -0.394 e. The van der Waals surface area contributed by atoms with E-state index in [-0.39, 0.29) is 80.1 Å². The molecule has 348 valence electrons. The summed E-state index contributed by atoms with van der Waals surface area (Å²) in [5.74, 6) is -0.145. The monoisotopic (exact) mass is 862 g/mol. The molecule has 4 aliphatic carbocycles. The summed E-state index contributed by atoms with van der Waals surface area (Å²) in [5.41, 5.74) is -0.164. The summed E-state index contributed by atoms with van der Waals surface area (Å²) in [6, 6.07) is 0. The minimum atomic E-state index is -2.11. The maximum atomic E-state index is 13.8. The quantitative estimate of drug-likeness (QED) is 0.0486. The first kappa shape index (κ1) is 50.6. The Morgan fingerprint density at radius 2 is 1.23 bits per heavy atom. The summed E-state index contributed by atoms with van der Waals surface area (Å²) >= 11 is 0. The van der Waals surface area contributed by atoms with Gasteiger partial charge in [-0.2, -0.15) is 0 Å². The molecule has 0 aromatic heterocycles. The van der Waals surface area contributed by atoms with Crippen LogP contribution in [-0.2, 0) is 14.4 Å². The first-order valence-electron chi connectivity index (χ1n) is 22.1. The number of rotatable bonds is 22. The molecule has 3 amide bonds. The fraction of sp³-hybridized carbons (Fsp3) is 0.929. The Bertz CT molecular complexity index is 1350. The Morgan fingerprint density at radius 1 is 0.700 bits per heavy atom. The van der Waals surface area contributed by atoms with Gasteiger partial charge in [0, 0.05) is 32.6 Å². The largest absolute Gasteiger partial charge is 0.394 e. The molecular weight excluding hydrogens is 786 g/mol. The molecule has 0 aliphatic heterocycles. The lowest BCUT2D eigenvalue weighted by molar-refractivity contribution is -0.175. The summed E-state index contributed by atoms with van der Waals surface area (Å²) in [6.07, 6.45) is -7.85. The second kappa shape index (κ2) is 22.0. The van der Waals surface area contributed by atoms with Crippen molar-refractivity contribution in [1.29, 1.82) is 0 Å². The standard InChI is InChI=1S/C42H75N3O15/c1-22(26-9-10-27-25-8-7-23-18-24(48)12-13-41(23,2)28(25)19-31(51)42(26,27)3)6-11-32(52)45(16-4-14-43-39(59)37(57)35(55)33(53)29(49)20-46)17-5-15-44-40(60)38(58)36(56)34(54)30(50)21-47/h22-31,33-38,46-51,53-58H,4-21H2,1-3H3,(H,43,59)(H,44,60)/t22-,23-,24-,25+,26-,27-,28-,29-,30-,31+,33-,34-,35+,36+,37-,38-,41+,42+/m1/s1. The van der Waals surface area contributed by atoms with Crippen molar-refractivity contribution in [1.82, 2.24) is 15.5 Å². The van der Waals surface area contributed by atoms with Crippen molar-refractivity contribution in [2.24, 2.45) is 46.3 Å². The van der Waals surface area contributed by atoms with Crippen LogP contribution >= 0.6 is 0 Å². The van der Waals surface area contributed by atoms with Crippen LogP contribution in [0.4, 0.5) is 0 Å². The van der Waals surface area contributed by atoms with Gasteiger partial charge in [0.25, 0.3) is 11.8 Å². The van der Waals surface area contributed by atoms with Crippen LogP contribution in [0.3, 0.4) is 0 Å². The van der Waals surface area contributed by atoms with Crippen molar-refractivity contribution in [2.45, 2.75) is 159 Å². The second-order valence-electron chi connectivity index (χ2n) is 18.9. The van der Waals surface area contributed by atoms with Gasteiger partial charge in [0.15, 0.2) is 12.2 Å². The van der Waals surface area contributed by atoms with E-state index in [0.29, 0.717) is 30.1 Å². The summed E-state index contributed by atoms with van der Waals surface area (Å²) in [7, 11) is 0. The molecule has 60 heavy (non-hydrogen) atoms. The maximum Gasteiger partial charge on any atom is 0.251 e. The molecule has 4 saturated carbocycles. The Morgan fingerprint density at radius 3 is 1.75 bits per heavy atom. The minimum absolute atomic E-state index is 0.0491. The van der Waals surface area contributed by atoms with Crippen molar-refractivity contribution in [3.8, 4) is 0 Å². The van der Waals surface area contributed by atoms with E-state index in [9.17, 15) is 65.4 Å². The SMILES string of the molecule is C[C@H](CCC(=O)N(CCCNC(=O)[C@H](O)[C@@H](O)[C@H](O)[C@H](O)CO)CCCNC(=O)[C@H](O)[C@@H](O)[C@H](O)[C@H](O)CO)[C@H]1CC[C@@H]2[C@@H]3CC[C@@H]4C[C@H](O)CC[C@]4(C)[C@@H]3C[C@H](O)[C@]21C. The lowest BCUT2D eigenvalue weighted by Crippen LogP contribution is -2.58. The highest BCUT2D eigenvalue weighted by Gasteiger charge is 2.63. The van der Waals surface area contributed by atoms with Crippen LogP contribution in [0.5, 0.6) is 0 Å². The van der Waals surface area contributed by atoms with Gasteiger partial charge in [0.1, 0.15) is 36.6 Å². The Kier molecular flexibility index (Phi) is 18.6. The first-order valence-corrected chi connectivity index (χ1v) is 22.1. The molecule has 18 heteroatoms. The van der Waals surface area contributed by atoms with Gasteiger partial charge >= 0.3 is 0 Å². The number of aliphatic hydroxyl groups is 12. The highest BCUT2D eigenvalue weighted by molar-refractivity contribution is 5.81. The molecule has 4 fully saturated rings. The van der Waals surface area contributed by atoms with Gasteiger partial charge in [-0.05, 0) is 117 Å². The first-order chi connectivity index (χ1) is 28.2. The van der Waals surface area contributed by atoms with E-state index in [2.05, 4.69) is 31.4 Å². The molecule has 14 N–H and O–H groups in total. The third-order valence-corrected chi connectivity index (χ3v) is 15.5. The van der Waals surface area contributed by atoms with E-state index in [4.69, 9.17) is 10.2 Å². The van der Waals surface area contributed by atoms with E-state index < -0.39 is 80.0 Å². The van der Waals surface area contributed by atoms with Crippen molar-refractivity contribution in [3.63, 3.8) is 0 Å². The molecule has 0 unspecified atom stereocenters. The van der Waals surface area contributed by atoms with Gasteiger partial charge in [-0.15, -0.1) is 0 Å². The normalized spacial score (nSPS) is 34.6. The second-order valence-corrected chi connectivity index (χ2v) is 18.9. The zero-order valence-corrected chi connectivity index (χ0v) is 35.5. The summed E-state index contributed by atoms with van der Waals surface area (Å²) in [4.78, 5) is 40.3. The van der Waals surface area contributed by atoms with Crippen molar-refractivity contribution < 1.29 is 75.7 Å². The van der Waals surface area contributed by atoms with Crippen LogP contribution in [0.15, 0.2) is 0 Å². The molecule has 0 radical (unpaired) electrons. The number of carbonyl (C=O) groups excluding carboxylic acids is 3. The fourth-order valence-corrected chi connectivity index (χ4v) is 11.8. The smallest absolute Gasteiger partial charge is 0.251 e. The third kappa shape index (κ3) is 11.2. The predicted molar refractivity (Wildman–Crippen MR) is 215 cm³/mol. The fourth-order valence-electron chi connectivity index (χ4n) is 11.8. The lowest BCUT2D eigenvalue weighted by atomic mass is 9.43. The van der Waals surface area contributed by atoms with Gasteiger partial charge in [-0.1, -0.05) is 20.8 Å². The molecule has 4 rings (SSSR count). The number of fused-ring (bicyclic) bond motifs is 5. The molecule has 4 aliphatic rings. The lowest BCUT2D eigenvalue weighted by Gasteiger charge is -2.62. The van der Waals surface area contributed by atoms with Crippen LogP contribution in [0.2, 0.25) is 0 Å². The zero-order valence-electron chi connectivity index (χ0n) is 35.5. The highest BCUT2D eigenvalue weighted by atomic mass is 16.4. The number of amides is 3. The summed E-state index contributed by atoms with van der Waals surface area (Å²) in [5, 5.41) is 124. The van der Waals surface area contributed by atoms with Gasteiger partial charge in [-0.25, -0.2) is 0 Å². The van der Waals surface area contributed by atoms with Crippen molar-refractivity contribution in [2.75, 3.05) is 39.4 Å². The number of hydrogen-bond acceptors (Lipinski definition) is 15. The predicted octanol–water partition coefficient (Wildman–Crippen LogP) is -2.89. The average molecular weight is 862 g/mol. The Balaban J connectivity index is 1.35. The van der Waals surface area contributed by atoms with Gasteiger partial charge in [0.05, 0.1) is 25.4 Å². The average Bonchev–Trinajstić information content (AvgIpc) is 3.61. The number of hydrogen-bond donors (Lipinski definition) is 14. The molecule has 0 bridgehead atoms. The molecule has 0 aromatic carbocycles. The number of nitrogens with one attached hydrogen (secondary N) is 2. The number of aliphatic hydroxyl groups excluding tert-OH is 12. The van der Waals surface area contributed by atoms with Crippen molar-refractivity contribution >= 4 is 17.7 Å². The number of nitrogens with zero attached hydrogens (tertiary/aromatic N) is 1. The molecule has 0 aromatic rings. The summed E-state index contributed by atoms with van der Waals surface area (Å²) in [6.45, 7) is 5.15. The molecule has 0 heterocycles.